The zero-order valence-electron chi connectivity index (χ0n) is 12.9. The average molecular weight is 317 g/mol. The molecule has 7 heteroatoms. The minimum Gasteiger partial charge on any atom is -0.507 e. The van der Waals surface area contributed by atoms with Crippen LogP contribution in [-0.2, 0) is 4.79 Å². The standard InChI is InChI=1S/C16H19N3O4/c1-9(2)7-13(16(22)23)17-15(21)12-8-11(18-19-12)10-5-3-4-6-14(10)20/h3-6,8-9,13,20H,7H2,1-2H3,(H,17,21)(H,18,19)(H,22,23)/t13-/m1/s1. The Labute approximate surface area is 133 Å². The van der Waals surface area contributed by atoms with Crippen LogP contribution in [0.4, 0.5) is 0 Å². The number of para-hydroxylation sites is 1. The first-order chi connectivity index (χ1) is 10.9. The summed E-state index contributed by atoms with van der Waals surface area (Å²) < 4.78 is 0. The maximum absolute atomic E-state index is 12.2. The van der Waals surface area contributed by atoms with E-state index in [2.05, 4.69) is 15.5 Å². The normalized spacial score (nSPS) is 12.1. The van der Waals surface area contributed by atoms with Gasteiger partial charge in [-0.25, -0.2) is 4.79 Å². The van der Waals surface area contributed by atoms with Crippen molar-refractivity contribution in [2.45, 2.75) is 26.3 Å². The van der Waals surface area contributed by atoms with Crippen LogP contribution in [0.1, 0.15) is 30.8 Å². The fourth-order valence-electron chi connectivity index (χ4n) is 2.20. The number of aromatic hydroxyl groups is 1. The summed E-state index contributed by atoms with van der Waals surface area (Å²) >= 11 is 0. The molecule has 1 heterocycles. The molecule has 0 spiro atoms. The molecular weight excluding hydrogens is 298 g/mol. The third-order valence-electron chi connectivity index (χ3n) is 3.31. The molecule has 0 aliphatic heterocycles. The highest BCUT2D eigenvalue weighted by atomic mass is 16.4. The topological polar surface area (TPSA) is 115 Å². The number of phenols is 1. The third-order valence-corrected chi connectivity index (χ3v) is 3.31. The number of carboxylic acid groups (broad SMARTS) is 1. The number of phenolic OH excluding ortho intramolecular Hbond substituents is 1. The molecule has 1 atom stereocenters. The molecule has 7 nitrogen and oxygen atoms in total. The fraction of sp³-hybridized carbons (Fsp3) is 0.312. The Morgan fingerprint density at radius 1 is 1.30 bits per heavy atom. The van der Waals surface area contributed by atoms with Crippen LogP contribution >= 0.6 is 0 Å². The Kier molecular flexibility index (Phi) is 5.00. The molecule has 122 valence electrons. The zero-order chi connectivity index (χ0) is 17.0. The summed E-state index contributed by atoms with van der Waals surface area (Å²) in [5, 5.41) is 28.0. The molecule has 0 saturated heterocycles. The Morgan fingerprint density at radius 3 is 2.61 bits per heavy atom. The summed E-state index contributed by atoms with van der Waals surface area (Å²) in [4.78, 5) is 23.4. The van der Waals surface area contributed by atoms with Crippen LogP contribution in [0.5, 0.6) is 5.75 Å². The lowest BCUT2D eigenvalue weighted by Crippen LogP contribution is -2.41. The van der Waals surface area contributed by atoms with Crippen LogP contribution in [0, 0.1) is 5.92 Å². The zero-order valence-corrected chi connectivity index (χ0v) is 12.9. The Bertz CT molecular complexity index is 709. The molecule has 0 aliphatic carbocycles. The van der Waals surface area contributed by atoms with Crippen molar-refractivity contribution >= 4 is 11.9 Å². The highest BCUT2D eigenvalue weighted by Crippen LogP contribution is 2.27. The van der Waals surface area contributed by atoms with Gasteiger partial charge in [0.05, 0.1) is 5.69 Å². The van der Waals surface area contributed by atoms with Crippen molar-refractivity contribution in [2.75, 3.05) is 0 Å². The molecule has 1 aromatic carbocycles. The van der Waals surface area contributed by atoms with Crippen molar-refractivity contribution in [2.24, 2.45) is 5.92 Å². The van der Waals surface area contributed by atoms with E-state index in [1.807, 2.05) is 13.8 Å². The van der Waals surface area contributed by atoms with E-state index in [9.17, 15) is 14.7 Å². The van der Waals surface area contributed by atoms with Crippen LogP contribution < -0.4 is 5.32 Å². The van der Waals surface area contributed by atoms with Gasteiger partial charge in [-0.3, -0.25) is 9.89 Å². The summed E-state index contributed by atoms with van der Waals surface area (Å²) in [5.41, 5.74) is 1.03. The van der Waals surface area contributed by atoms with Crippen molar-refractivity contribution in [1.29, 1.82) is 0 Å². The van der Waals surface area contributed by atoms with E-state index in [1.54, 1.807) is 18.2 Å². The number of nitrogens with one attached hydrogen (secondary N) is 2. The van der Waals surface area contributed by atoms with Crippen molar-refractivity contribution in [3.05, 3.63) is 36.0 Å². The molecule has 0 radical (unpaired) electrons. The quantitative estimate of drug-likeness (QED) is 0.650. The summed E-state index contributed by atoms with van der Waals surface area (Å²) in [6.45, 7) is 3.77. The molecule has 0 unspecified atom stereocenters. The minimum absolute atomic E-state index is 0.0502. The number of hydrogen-bond donors (Lipinski definition) is 4. The van der Waals surface area contributed by atoms with Gasteiger partial charge in [0.2, 0.25) is 0 Å². The monoisotopic (exact) mass is 317 g/mol. The predicted octanol–water partition coefficient (Wildman–Crippen LogP) is 2.01. The number of rotatable bonds is 6. The van der Waals surface area contributed by atoms with Gasteiger partial charge in [-0.2, -0.15) is 5.10 Å². The number of amides is 1. The van der Waals surface area contributed by atoms with Gasteiger partial charge in [-0.1, -0.05) is 26.0 Å². The number of H-pyrrole nitrogens is 1. The number of hydrogen-bond acceptors (Lipinski definition) is 4. The van der Waals surface area contributed by atoms with Crippen LogP contribution in [0.3, 0.4) is 0 Å². The number of benzene rings is 1. The van der Waals surface area contributed by atoms with Crippen molar-refractivity contribution in [3.8, 4) is 17.0 Å². The number of carboxylic acids is 1. The van der Waals surface area contributed by atoms with Crippen LogP contribution in [0.15, 0.2) is 30.3 Å². The van der Waals surface area contributed by atoms with Gasteiger partial charge < -0.3 is 15.5 Å². The molecule has 2 aromatic rings. The van der Waals surface area contributed by atoms with E-state index in [0.29, 0.717) is 17.7 Å². The van der Waals surface area contributed by atoms with E-state index in [4.69, 9.17) is 5.11 Å². The van der Waals surface area contributed by atoms with E-state index < -0.39 is 17.9 Å². The molecule has 0 fully saturated rings. The number of carbonyl (C=O) groups is 2. The van der Waals surface area contributed by atoms with Crippen molar-refractivity contribution < 1.29 is 19.8 Å². The van der Waals surface area contributed by atoms with Gasteiger partial charge in [-0.15, -0.1) is 0 Å². The number of carbonyl (C=O) groups excluding carboxylic acids is 1. The van der Waals surface area contributed by atoms with Gasteiger partial charge in [0.15, 0.2) is 0 Å². The highest BCUT2D eigenvalue weighted by Gasteiger charge is 2.23. The molecule has 2 rings (SSSR count). The van der Waals surface area contributed by atoms with Gasteiger partial charge in [0.25, 0.3) is 5.91 Å². The van der Waals surface area contributed by atoms with Gasteiger partial charge in [-0.05, 0) is 30.5 Å². The smallest absolute Gasteiger partial charge is 0.326 e. The van der Waals surface area contributed by atoms with E-state index >= 15 is 0 Å². The molecule has 4 N–H and O–H groups in total. The molecule has 1 amide bonds. The van der Waals surface area contributed by atoms with Crippen molar-refractivity contribution in [3.63, 3.8) is 0 Å². The predicted molar refractivity (Wildman–Crippen MR) is 84.0 cm³/mol. The van der Waals surface area contributed by atoms with Crippen LogP contribution in [-0.4, -0.2) is 38.3 Å². The van der Waals surface area contributed by atoms with Crippen molar-refractivity contribution in [1.82, 2.24) is 15.5 Å². The molecule has 0 bridgehead atoms. The first kappa shape index (κ1) is 16.5. The average Bonchev–Trinajstić information content (AvgIpc) is 2.96. The number of aromatic nitrogens is 2. The molecule has 23 heavy (non-hydrogen) atoms. The number of nitrogens with zero attached hydrogens (tertiary/aromatic N) is 1. The van der Waals surface area contributed by atoms with Gasteiger partial charge in [0.1, 0.15) is 17.5 Å². The second kappa shape index (κ2) is 6.95. The first-order valence-corrected chi connectivity index (χ1v) is 7.26. The second-order valence-corrected chi connectivity index (χ2v) is 5.68. The maximum Gasteiger partial charge on any atom is 0.326 e. The van der Waals surface area contributed by atoms with Gasteiger partial charge in [0, 0.05) is 5.56 Å². The molecule has 0 saturated carbocycles. The molecule has 1 aromatic heterocycles. The third kappa shape index (κ3) is 4.09. The summed E-state index contributed by atoms with van der Waals surface area (Å²) in [5.74, 6) is -1.44. The lowest BCUT2D eigenvalue weighted by atomic mass is 10.0. The molecular formula is C16H19N3O4. The fourth-order valence-corrected chi connectivity index (χ4v) is 2.20. The highest BCUT2D eigenvalue weighted by molar-refractivity contribution is 5.96. The lowest BCUT2D eigenvalue weighted by molar-refractivity contribution is -0.139. The van der Waals surface area contributed by atoms with Crippen LogP contribution in [0.2, 0.25) is 0 Å². The van der Waals surface area contributed by atoms with Gasteiger partial charge >= 0.3 is 5.97 Å². The minimum atomic E-state index is -1.08. The Hall–Kier alpha value is -2.83. The number of aromatic amines is 1. The second-order valence-electron chi connectivity index (χ2n) is 5.68. The number of aliphatic carboxylic acids is 1. The summed E-state index contributed by atoms with van der Waals surface area (Å²) in [6, 6.07) is 7.13. The Balaban J connectivity index is 2.15. The van der Waals surface area contributed by atoms with E-state index in [0.717, 1.165) is 0 Å². The van der Waals surface area contributed by atoms with E-state index in [1.165, 1.54) is 12.1 Å². The SMILES string of the molecule is CC(C)C[C@@H](NC(=O)c1cc(-c2ccccc2O)n[nH]1)C(=O)O. The largest absolute Gasteiger partial charge is 0.507 e. The summed E-state index contributed by atoms with van der Waals surface area (Å²) in [7, 11) is 0. The lowest BCUT2D eigenvalue weighted by Gasteiger charge is -2.15. The van der Waals surface area contributed by atoms with Crippen LogP contribution in [0.25, 0.3) is 11.3 Å². The summed E-state index contributed by atoms with van der Waals surface area (Å²) in [6.07, 6.45) is 0.335. The first-order valence-electron chi connectivity index (χ1n) is 7.26. The molecule has 0 aliphatic rings. The maximum atomic E-state index is 12.2. The Morgan fingerprint density at radius 2 is 2.00 bits per heavy atom. The van der Waals surface area contributed by atoms with E-state index in [-0.39, 0.29) is 17.4 Å².